The number of carboxylic acid groups (broad SMARTS) is 1. The third-order valence-electron chi connectivity index (χ3n) is 4.06. The Morgan fingerprint density at radius 2 is 1.94 bits per heavy atom. The van der Waals surface area contributed by atoms with Crippen molar-refractivity contribution in [1.29, 1.82) is 0 Å². The molecule has 1 saturated heterocycles. The number of carbonyl (C=O) groups is 1. The van der Waals surface area contributed by atoms with Gasteiger partial charge in [0.25, 0.3) is 0 Å². The molecule has 2 saturated carbocycles. The van der Waals surface area contributed by atoms with Gasteiger partial charge < -0.3 is 5.11 Å². The van der Waals surface area contributed by atoms with Crippen LogP contribution in [0, 0.1) is 0 Å². The van der Waals surface area contributed by atoms with Crippen molar-refractivity contribution in [2.24, 2.45) is 0 Å². The first-order chi connectivity index (χ1) is 7.74. The van der Waals surface area contributed by atoms with E-state index >= 15 is 0 Å². The van der Waals surface area contributed by atoms with Gasteiger partial charge in [-0.3, -0.25) is 14.6 Å². The number of likely N-dealkylation sites (tertiary alicyclic amines) is 1. The maximum atomic E-state index is 10.9. The van der Waals surface area contributed by atoms with Crippen molar-refractivity contribution in [1.82, 2.24) is 9.80 Å². The Labute approximate surface area is 96.2 Å². The van der Waals surface area contributed by atoms with Gasteiger partial charge in [-0.1, -0.05) is 0 Å². The molecule has 4 nitrogen and oxygen atoms in total. The predicted octanol–water partition coefficient (Wildman–Crippen LogP) is 0.772. The summed E-state index contributed by atoms with van der Waals surface area (Å²) in [4.78, 5) is 15.7. The molecule has 0 radical (unpaired) electrons. The van der Waals surface area contributed by atoms with E-state index in [1.54, 1.807) is 0 Å². The van der Waals surface area contributed by atoms with Crippen LogP contribution in [0.3, 0.4) is 0 Å². The lowest BCUT2D eigenvalue weighted by Gasteiger charge is -2.27. The summed E-state index contributed by atoms with van der Waals surface area (Å²) in [6, 6.07) is 1.90. The number of nitrogens with zero attached hydrogens (tertiary/aromatic N) is 2. The highest BCUT2D eigenvalue weighted by atomic mass is 16.4. The fraction of sp³-hybridized carbons (Fsp3) is 0.917. The number of hydrogen-bond donors (Lipinski definition) is 1. The first-order valence-corrected chi connectivity index (χ1v) is 6.45. The molecule has 0 aromatic carbocycles. The third-order valence-corrected chi connectivity index (χ3v) is 4.06. The van der Waals surface area contributed by atoms with Gasteiger partial charge in [-0.2, -0.15) is 0 Å². The van der Waals surface area contributed by atoms with Crippen molar-refractivity contribution in [3.05, 3.63) is 0 Å². The van der Waals surface area contributed by atoms with Crippen LogP contribution in [0.5, 0.6) is 0 Å². The predicted molar refractivity (Wildman–Crippen MR) is 60.4 cm³/mol. The molecule has 0 spiro atoms. The topological polar surface area (TPSA) is 43.8 Å². The minimum absolute atomic E-state index is 0.244. The van der Waals surface area contributed by atoms with Gasteiger partial charge in [0.15, 0.2) is 0 Å². The second-order valence-electron chi connectivity index (χ2n) is 5.47. The smallest absolute Gasteiger partial charge is 0.317 e. The van der Waals surface area contributed by atoms with E-state index in [0.717, 1.165) is 12.6 Å². The van der Waals surface area contributed by atoms with Gasteiger partial charge in [-0.15, -0.1) is 0 Å². The van der Waals surface area contributed by atoms with Gasteiger partial charge >= 0.3 is 5.97 Å². The summed E-state index contributed by atoms with van der Waals surface area (Å²) in [5, 5.41) is 8.95. The lowest BCUT2D eigenvalue weighted by molar-refractivity contribution is -0.139. The zero-order chi connectivity index (χ0) is 11.1. The Morgan fingerprint density at radius 3 is 2.50 bits per heavy atom. The molecular weight excluding hydrogens is 204 g/mol. The van der Waals surface area contributed by atoms with Crippen LogP contribution < -0.4 is 0 Å². The second-order valence-corrected chi connectivity index (χ2v) is 5.47. The zero-order valence-corrected chi connectivity index (χ0v) is 9.64. The molecule has 3 aliphatic rings. The highest BCUT2D eigenvalue weighted by Gasteiger charge is 2.41. The molecule has 2 aliphatic carbocycles. The van der Waals surface area contributed by atoms with Crippen LogP contribution in [0.15, 0.2) is 0 Å². The SMILES string of the molecule is O=C(O)CN(C1CC1)C1CCN(C2CC2)C1. The summed E-state index contributed by atoms with van der Waals surface area (Å²) in [7, 11) is 0. The van der Waals surface area contributed by atoms with Crippen LogP contribution in [-0.4, -0.2) is 58.6 Å². The van der Waals surface area contributed by atoms with E-state index in [4.69, 9.17) is 5.11 Å². The van der Waals surface area contributed by atoms with Crippen molar-refractivity contribution >= 4 is 5.97 Å². The van der Waals surface area contributed by atoms with Crippen LogP contribution in [0.25, 0.3) is 0 Å². The van der Waals surface area contributed by atoms with E-state index in [1.807, 2.05) is 0 Å². The molecule has 0 aromatic heterocycles. The largest absolute Gasteiger partial charge is 0.480 e. The average molecular weight is 224 g/mol. The van der Waals surface area contributed by atoms with E-state index in [1.165, 1.54) is 38.6 Å². The van der Waals surface area contributed by atoms with Crippen molar-refractivity contribution in [2.75, 3.05) is 19.6 Å². The van der Waals surface area contributed by atoms with Gasteiger partial charge in [0, 0.05) is 31.2 Å². The average Bonchev–Trinajstić information content (AvgIpc) is 3.13. The fourth-order valence-electron chi connectivity index (χ4n) is 2.93. The van der Waals surface area contributed by atoms with E-state index in [2.05, 4.69) is 9.80 Å². The number of rotatable bonds is 5. The van der Waals surface area contributed by atoms with Gasteiger partial charge in [-0.05, 0) is 32.1 Å². The summed E-state index contributed by atoms with van der Waals surface area (Å²) in [6.45, 7) is 2.53. The minimum atomic E-state index is -0.670. The Balaban J connectivity index is 1.58. The summed E-state index contributed by atoms with van der Waals surface area (Å²) < 4.78 is 0. The highest BCUT2D eigenvalue weighted by Crippen LogP contribution is 2.35. The minimum Gasteiger partial charge on any atom is -0.480 e. The van der Waals surface area contributed by atoms with Crippen molar-refractivity contribution in [2.45, 2.75) is 50.2 Å². The standard InChI is InChI=1S/C12H20N2O2/c15-12(16)8-14(10-3-4-10)11-5-6-13(7-11)9-1-2-9/h9-11H,1-8H2,(H,15,16). The molecule has 1 N–H and O–H groups in total. The Morgan fingerprint density at radius 1 is 1.19 bits per heavy atom. The number of hydrogen-bond acceptors (Lipinski definition) is 3. The second kappa shape index (κ2) is 4.00. The van der Waals surface area contributed by atoms with Crippen LogP contribution in [0.4, 0.5) is 0 Å². The molecule has 1 aliphatic heterocycles. The molecule has 0 aromatic rings. The molecule has 3 fully saturated rings. The van der Waals surface area contributed by atoms with Crippen molar-refractivity contribution < 1.29 is 9.90 Å². The summed E-state index contributed by atoms with van der Waals surface area (Å²) in [5.74, 6) is -0.670. The molecule has 16 heavy (non-hydrogen) atoms. The van der Waals surface area contributed by atoms with Gasteiger partial charge in [0.2, 0.25) is 0 Å². The van der Waals surface area contributed by atoms with E-state index in [-0.39, 0.29) is 6.54 Å². The zero-order valence-electron chi connectivity index (χ0n) is 9.64. The Hall–Kier alpha value is -0.610. The van der Waals surface area contributed by atoms with E-state index in [0.29, 0.717) is 12.1 Å². The van der Waals surface area contributed by atoms with Gasteiger partial charge in [0.05, 0.1) is 6.54 Å². The molecule has 1 atom stereocenters. The monoisotopic (exact) mass is 224 g/mol. The normalized spacial score (nSPS) is 31.2. The lowest BCUT2D eigenvalue weighted by atomic mass is 10.2. The molecule has 1 unspecified atom stereocenters. The van der Waals surface area contributed by atoms with Crippen molar-refractivity contribution in [3.63, 3.8) is 0 Å². The van der Waals surface area contributed by atoms with Crippen LogP contribution in [0.2, 0.25) is 0 Å². The van der Waals surface area contributed by atoms with Gasteiger partial charge in [-0.25, -0.2) is 0 Å². The highest BCUT2D eigenvalue weighted by molar-refractivity contribution is 5.69. The maximum Gasteiger partial charge on any atom is 0.317 e. The number of carboxylic acids is 1. The maximum absolute atomic E-state index is 10.9. The van der Waals surface area contributed by atoms with Gasteiger partial charge in [0.1, 0.15) is 0 Å². The van der Waals surface area contributed by atoms with Crippen LogP contribution in [0.1, 0.15) is 32.1 Å². The molecule has 1 heterocycles. The molecule has 90 valence electrons. The summed E-state index contributed by atoms with van der Waals surface area (Å²) in [6.07, 6.45) is 6.28. The van der Waals surface area contributed by atoms with Crippen LogP contribution in [-0.2, 0) is 4.79 Å². The van der Waals surface area contributed by atoms with E-state index in [9.17, 15) is 4.79 Å². The first-order valence-electron chi connectivity index (χ1n) is 6.45. The first kappa shape index (κ1) is 10.5. The Bertz CT molecular complexity index is 287. The molecule has 0 amide bonds. The number of aliphatic carboxylic acids is 1. The quantitative estimate of drug-likeness (QED) is 0.749. The molecule has 3 rings (SSSR count). The van der Waals surface area contributed by atoms with E-state index < -0.39 is 5.97 Å². The summed E-state index contributed by atoms with van der Waals surface area (Å²) in [5.41, 5.74) is 0. The molecular formula is C12H20N2O2. The lowest BCUT2D eigenvalue weighted by Crippen LogP contribution is -2.42. The fourth-order valence-corrected chi connectivity index (χ4v) is 2.93. The van der Waals surface area contributed by atoms with Crippen LogP contribution >= 0.6 is 0 Å². The molecule has 4 heteroatoms. The van der Waals surface area contributed by atoms with Crippen molar-refractivity contribution in [3.8, 4) is 0 Å². The molecule has 0 bridgehead atoms. The third kappa shape index (κ3) is 2.23. The Kier molecular flexibility index (Phi) is 2.64. The summed E-state index contributed by atoms with van der Waals surface area (Å²) >= 11 is 0.